The van der Waals surface area contributed by atoms with Crippen LogP contribution in [-0.4, -0.2) is 32.2 Å². The van der Waals surface area contributed by atoms with Crippen LogP contribution < -0.4 is 14.8 Å². The number of amides is 1. The molecule has 0 saturated heterocycles. The maximum absolute atomic E-state index is 12.4. The van der Waals surface area contributed by atoms with Crippen molar-refractivity contribution in [1.29, 1.82) is 0 Å². The molecule has 11 heteroatoms. The monoisotopic (exact) mass is 469 g/mol. The first kappa shape index (κ1) is 22.8. The normalized spacial score (nSPS) is 11.2. The number of rotatable bonds is 6. The molecule has 34 heavy (non-hydrogen) atoms. The molecule has 1 amide bonds. The third-order valence-electron chi connectivity index (χ3n) is 4.52. The number of benzene rings is 2. The molecule has 1 N–H and O–H groups in total. The highest BCUT2D eigenvalue weighted by atomic mass is 19.4. The van der Waals surface area contributed by atoms with E-state index in [9.17, 15) is 18.0 Å². The number of hydrogen-bond donors (Lipinski definition) is 1. The zero-order valence-corrected chi connectivity index (χ0v) is 18.0. The van der Waals surface area contributed by atoms with Crippen molar-refractivity contribution in [3.8, 4) is 23.2 Å². The smallest absolute Gasteiger partial charge is 0.438 e. The molecule has 0 saturated carbocycles. The van der Waals surface area contributed by atoms with Crippen molar-refractivity contribution in [3.05, 3.63) is 83.7 Å². The van der Waals surface area contributed by atoms with Crippen molar-refractivity contribution in [2.45, 2.75) is 20.2 Å². The van der Waals surface area contributed by atoms with E-state index in [1.807, 2.05) is 19.9 Å². The molecule has 0 aliphatic carbocycles. The van der Waals surface area contributed by atoms with E-state index in [2.05, 4.69) is 25.3 Å². The summed E-state index contributed by atoms with van der Waals surface area (Å²) in [6.45, 7) is 3.80. The summed E-state index contributed by atoms with van der Waals surface area (Å²) in [4.78, 5) is 12.4. The molecular weight excluding hydrogens is 451 g/mol. The van der Waals surface area contributed by atoms with E-state index in [1.54, 1.807) is 41.1 Å². The molecule has 0 radical (unpaired) electrons. The Morgan fingerprint density at radius 1 is 0.941 bits per heavy atom. The summed E-state index contributed by atoms with van der Waals surface area (Å²) in [7, 11) is 0. The third kappa shape index (κ3) is 5.68. The van der Waals surface area contributed by atoms with Crippen LogP contribution in [0, 0.1) is 13.8 Å². The topological polar surface area (TPSA) is 91.2 Å². The van der Waals surface area contributed by atoms with Gasteiger partial charge in [0.15, 0.2) is 5.82 Å². The molecule has 2 aromatic carbocycles. The lowest BCUT2D eigenvalue weighted by atomic mass is 10.2. The summed E-state index contributed by atoms with van der Waals surface area (Å²) < 4.78 is 48.3. The average molecular weight is 469 g/mol. The number of carbonyl (C=O) groups excluding carboxylic acids is 1. The zero-order chi connectivity index (χ0) is 24.3. The highest BCUT2D eigenvalue weighted by Gasteiger charge is 2.31. The molecule has 0 aliphatic heterocycles. The van der Waals surface area contributed by atoms with Gasteiger partial charge in [-0.15, -0.1) is 23.4 Å². The molecule has 2 heterocycles. The number of nitrogens with zero attached hydrogens (tertiary/aromatic N) is 4. The minimum absolute atomic E-state index is 0.0139. The first-order valence-electron chi connectivity index (χ1n) is 9.99. The van der Waals surface area contributed by atoms with Gasteiger partial charge in [0.05, 0.1) is 5.69 Å². The Kier molecular flexibility index (Phi) is 6.17. The molecule has 4 aromatic rings. The lowest BCUT2D eigenvalue weighted by Crippen LogP contribution is -2.18. The molecule has 0 atom stereocenters. The predicted molar refractivity (Wildman–Crippen MR) is 116 cm³/mol. The Bertz CT molecular complexity index is 1300. The van der Waals surface area contributed by atoms with Crippen molar-refractivity contribution in [3.63, 3.8) is 0 Å². The Morgan fingerprint density at radius 2 is 1.71 bits per heavy atom. The van der Waals surface area contributed by atoms with Gasteiger partial charge >= 0.3 is 6.36 Å². The van der Waals surface area contributed by atoms with Gasteiger partial charge < -0.3 is 14.8 Å². The molecule has 174 valence electrons. The van der Waals surface area contributed by atoms with Crippen molar-refractivity contribution >= 4 is 11.6 Å². The van der Waals surface area contributed by atoms with Gasteiger partial charge in [-0.1, -0.05) is 6.07 Å². The van der Waals surface area contributed by atoms with Crippen molar-refractivity contribution < 1.29 is 27.4 Å². The summed E-state index contributed by atoms with van der Waals surface area (Å²) in [5.41, 5.74) is 2.23. The van der Waals surface area contributed by atoms with Gasteiger partial charge in [0.1, 0.15) is 11.5 Å². The van der Waals surface area contributed by atoms with Crippen LogP contribution in [0.25, 0.3) is 5.82 Å². The van der Waals surface area contributed by atoms with Gasteiger partial charge in [-0.25, -0.2) is 4.68 Å². The summed E-state index contributed by atoms with van der Waals surface area (Å²) in [5.74, 6) is 0.205. The molecular formula is C23H18F3N5O3. The van der Waals surface area contributed by atoms with E-state index in [0.717, 1.165) is 23.5 Å². The van der Waals surface area contributed by atoms with Crippen molar-refractivity contribution in [1.82, 2.24) is 20.0 Å². The fourth-order valence-electron chi connectivity index (χ4n) is 3.11. The van der Waals surface area contributed by atoms with Crippen LogP contribution in [0.15, 0.2) is 66.7 Å². The zero-order valence-electron chi connectivity index (χ0n) is 18.0. The second kappa shape index (κ2) is 9.22. The van der Waals surface area contributed by atoms with Gasteiger partial charge in [0, 0.05) is 23.0 Å². The molecule has 8 nitrogen and oxygen atoms in total. The molecule has 0 spiro atoms. The highest BCUT2D eigenvalue weighted by Crippen LogP contribution is 2.25. The lowest BCUT2D eigenvalue weighted by Gasteiger charge is -2.11. The first-order chi connectivity index (χ1) is 16.2. The second-order valence-corrected chi connectivity index (χ2v) is 7.22. The maximum atomic E-state index is 12.4. The molecule has 0 fully saturated rings. The Morgan fingerprint density at radius 3 is 2.32 bits per heavy atom. The van der Waals surface area contributed by atoms with Crippen LogP contribution in [0.5, 0.6) is 17.4 Å². The van der Waals surface area contributed by atoms with Gasteiger partial charge in [0.25, 0.3) is 5.91 Å². The van der Waals surface area contributed by atoms with Crippen LogP contribution in [0.2, 0.25) is 0 Å². The number of carbonyl (C=O) groups is 1. The summed E-state index contributed by atoms with van der Waals surface area (Å²) in [6, 6.07) is 16.5. The standard InChI is InChI=1S/C23H18F3N5O3/c1-14-12-15(2)31(30-14)20-10-11-21(29-28-20)33-18-8-6-17(7-9-18)27-22(32)16-4-3-5-19(13-16)34-23(24,25)26/h3-13H,1-2H3,(H,27,32). The number of ether oxygens (including phenoxy) is 2. The lowest BCUT2D eigenvalue weighted by molar-refractivity contribution is -0.274. The van der Waals surface area contributed by atoms with Gasteiger partial charge in [-0.05, 0) is 68.4 Å². The quantitative estimate of drug-likeness (QED) is 0.416. The molecule has 4 rings (SSSR count). The number of halogens is 3. The van der Waals surface area contributed by atoms with Crippen molar-refractivity contribution in [2.75, 3.05) is 5.32 Å². The fraction of sp³-hybridized carbons (Fsp3) is 0.130. The Labute approximate surface area is 192 Å². The molecule has 0 unspecified atom stereocenters. The highest BCUT2D eigenvalue weighted by molar-refractivity contribution is 6.04. The van der Waals surface area contributed by atoms with Crippen molar-refractivity contribution in [2.24, 2.45) is 0 Å². The van der Waals surface area contributed by atoms with E-state index in [1.165, 1.54) is 12.1 Å². The van der Waals surface area contributed by atoms with E-state index in [0.29, 0.717) is 17.3 Å². The minimum atomic E-state index is -4.84. The number of anilines is 1. The maximum Gasteiger partial charge on any atom is 0.573 e. The second-order valence-electron chi connectivity index (χ2n) is 7.22. The van der Waals surface area contributed by atoms with Crippen LogP contribution in [0.3, 0.4) is 0 Å². The predicted octanol–water partition coefficient (Wildman–Crippen LogP) is 5.22. The number of hydrogen-bond acceptors (Lipinski definition) is 6. The van der Waals surface area contributed by atoms with E-state index < -0.39 is 18.0 Å². The Hall–Kier alpha value is -4.41. The molecule has 0 aliphatic rings. The summed E-state index contributed by atoms with van der Waals surface area (Å²) in [6.07, 6.45) is -4.84. The average Bonchev–Trinajstić information content (AvgIpc) is 3.12. The SMILES string of the molecule is Cc1cc(C)n(-c2ccc(Oc3ccc(NC(=O)c4cccc(OC(F)(F)F)c4)cc3)nn2)n1. The molecule has 0 bridgehead atoms. The minimum Gasteiger partial charge on any atom is -0.438 e. The van der Waals surface area contributed by atoms with Gasteiger partial charge in [-0.3, -0.25) is 4.79 Å². The van der Waals surface area contributed by atoms with Crippen LogP contribution in [0.4, 0.5) is 18.9 Å². The third-order valence-corrected chi connectivity index (χ3v) is 4.52. The number of nitrogens with one attached hydrogen (secondary N) is 1. The van der Waals surface area contributed by atoms with Gasteiger partial charge in [0.2, 0.25) is 5.88 Å². The molecule has 2 aromatic heterocycles. The number of aryl methyl sites for hydroxylation is 2. The number of aromatic nitrogens is 4. The summed E-state index contributed by atoms with van der Waals surface area (Å²) >= 11 is 0. The fourth-order valence-corrected chi connectivity index (χ4v) is 3.11. The first-order valence-corrected chi connectivity index (χ1v) is 9.99. The van der Waals surface area contributed by atoms with E-state index in [-0.39, 0.29) is 11.4 Å². The number of alkyl halides is 3. The summed E-state index contributed by atoms with van der Waals surface area (Å²) in [5, 5.41) is 15.1. The van der Waals surface area contributed by atoms with Gasteiger partial charge in [-0.2, -0.15) is 5.10 Å². The Balaban J connectivity index is 1.38. The van der Waals surface area contributed by atoms with Crippen LogP contribution in [0.1, 0.15) is 21.7 Å². The van der Waals surface area contributed by atoms with E-state index >= 15 is 0 Å². The van der Waals surface area contributed by atoms with Crippen LogP contribution in [-0.2, 0) is 0 Å². The van der Waals surface area contributed by atoms with Crippen LogP contribution >= 0.6 is 0 Å². The largest absolute Gasteiger partial charge is 0.573 e. The van der Waals surface area contributed by atoms with E-state index in [4.69, 9.17) is 4.74 Å².